The fourth-order valence-corrected chi connectivity index (χ4v) is 2.49. The number of aryl methyl sites for hydroxylation is 1. The normalized spacial score (nSPS) is 22.3. The van der Waals surface area contributed by atoms with Crippen molar-refractivity contribution in [2.45, 2.75) is 38.8 Å². The molecule has 1 N–H and O–H groups in total. The number of anilines is 1. The Morgan fingerprint density at radius 2 is 2.31 bits per heavy atom. The second kappa shape index (κ2) is 4.87. The third kappa shape index (κ3) is 2.38. The summed E-state index contributed by atoms with van der Waals surface area (Å²) in [4.78, 5) is 6.92. The average molecular weight is 222 g/mol. The summed E-state index contributed by atoms with van der Waals surface area (Å²) in [6.45, 7) is 4.32. The van der Waals surface area contributed by atoms with Crippen molar-refractivity contribution in [3.8, 4) is 0 Å². The molecule has 1 aliphatic rings. The summed E-state index contributed by atoms with van der Waals surface area (Å²) in [5.74, 6) is 0.983. The maximum absolute atomic E-state index is 4.45. The first-order valence-corrected chi connectivity index (χ1v) is 6.12. The molecule has 0 amide bonds. The van der Waals surface area contributed by atoms with Gasteiger partial charge in [-0.15, -0.1) is 0 Å². The van der Waals surface area contributed by atoms with E-state index in [1.165, 1.54) is 25.8 Å². The van der Waals surface area contributed by atoms with Gasteiger partial charge in [-0.2, -0.15) is 0 Å². The second-order valence-electron chi connectivity index (χ2n) is 4.74. The number of hydrogen-bond donors (Lipinski definition) is 1. The van der Waals surface area contributed by atoms with Crippen LogP contribution in [0.3, 0.4) is 0 Å². The molecule has 2 heterocycles. The lowest BCUT2D eigenvalue weighted by Gasteiger charge is -2.32. The summed E-state index contributed by atoms with van der Waals surface area (Å²) in [6, 6.07) is 0.662. The number of nitrogens with one attached hydrogen (secondary N) is 1. The van der Waals surface area contributed by atoms with Crippen molar-refractivity contribution in [2.24, 2.45) is 0 Å². The van der Waals surface area contributed by atoms with E-state index >= 15 is 0 Å². The van der Waals surface area contributed by atoms with Crippen LogP contribution in [-0.2, 0) is 6.54 Å². The highest BCUT2D eigenvalue weighted by atomic mass is 15.2. The molecule has 4 nitrogen and oxygen atoms in total. The van der Waals surface area contributed by atoms with Crippen LogP contribution in [0, 0.1) is 6.92 Å². The molecule has 0 aliphatic carbocycles. The molecule has 0 aromatic carbocycles. The Hall–Kier alpha value is -1.03. The first-order valence-electron chi connectivity index (χ1n) is 6.12. The highest BCUT2D eigenvalue weighted by Gasteiger charge is 2.20. The van der Waals surface area contributed by atoms with Crippen molar-refractivity contribution in [2.75, 3.05) is 26.0 Å². The summed E-state index contributed by atoms with van der Waals surface area (Å²) in [5.41, 5.74) is 1.09. The van der Waals surface area contributed by atoms with Crippen LogP contribution >= 0.6 is 0 Å². The van der Waals surface area contributed by atoms with Gasteiger partial charge in [0.1, 0.15) is 0 Å². The average Bonchev–Trinajstić information content (AvgIpc) is 2.62. The van der Waals surface area contributed by atoms with Crippen molar-refractivity contribution in [3.63, 3.8) is 0 Å². The zero-order valence-electron chi connectivity index (χ0n) is 10.5. The van der Waals surface area contributed by atoms with E-state index < -0.39 is 0 Å². The van der Waals surface area contributed by atoms with Crippen LogP contribution in [0.1, 0.15) is 25.0 Å². The first kappa shape index (κ1) is 11.5. The zero-order chi connectivity index (χ0) is 11.5. The molecule has 0 bridgehead atoms. The summed E-state index contributed by atoms with van der Waals surface area (Å²) < 4.78 is 2.24. The Kier molecular flexibility index (Phi) is 3.49. The monoisotopic (exact) mass is 222 g/mol. The van der Waals surface area contributed by atoms with Gasteiger partial charge in [-0.1, -0.05) is 6.42 Å². The van der Waals surface area contributed by atoms with Crippen LogP contribution in [0.5, 0.6) is 0 Å². The molecule has 1 fully saturated rings. The Bertz CT molecular complexity index is 345. The molecule has 1 atom stereocenters. The fraction of sp³-hybridized carbons (Fsp3) is 0.750. The van der Waals surface area contributed by atoms with Crippen molar-refractivity contribution in [1.29, 1.82) is 0 Å². The first-order chi connectivity index (χ1) is 7.70. The van der Waals surface area contributed by atoms with Crippen LogP contribution < -0.4 is 5.32 Å². The molecular formula is C12H22N4. The largest absolute Gasteiger partial charge is 0.359 e. The lowest BCUT2D eigenvalue weighted by molar-refractivity contribution is 0.168. The Balaban J connectivity index is 2.06. The van der Waals surface area contributed by atoms with Gasteiger partial charge in [-0.25, -0.2) is 4.98 Å². The van der Waals surface area contributed by atoms with E-state index in [4.69, 9.17) is 0 Å². The minimum Gasteiger partial charge on any atom is -0.359 e. The quantitative estimate of drug-likeness (QED) is 0.845. The minimum atomic E-state index is 0.662. The van der Waals surface area contributed by atoms with E-state index in [2.05, 4.69) is 33.0 Å². The lowest BCUT2D eigenvalue weighted by Crippen LogP contribution is -2.39. The predicted molar refractivity (Wildman–Crippen MR) is 66.8 cm³/mol. The van der Waals surface area contributed by atoms with Crippen LogP contribution in [0.4, 0.5) is 5.95 Å². The van der Waals surface area contributed by atoms with Gasteiger partial charge in [0.15, 0.2) is 0 Å². The van der Waals surface area contributed by atoms with Crippen molar-refractivity contribution < 1.29 is 0 Å². The van der Waals surface area contributed by atoms with Gasteiger partial charge >= 0.3 is 0 Å². The van der Waals surface area contributed by atoms with E-state index in [-0.39, 0.29) is 0 Å². The molecule has 1 unspecified atom stereocenters. The Morgan fingerprint density at radius 3 is 3.00 bits per heavy atom. The molecule has 1 aromatic heterocycles. The topological polar surface area (TPSA) is 33.1 Å². The van der Waals surface area contributed by atoms with E-state index in [1.54, 1.807) is 0 Å². The SMILES string of the molecule is CNc1nc(C)cn1CC1CCCCN1C. The number of rotatable bonds is 3. The third-order valence-electron chi connectivity index (χ3n) is 3.45. The van der Waals surface area contributed by atoms with E-state index in [0.29, 0.717) is 6.04 Å². The van der Waals surface area contributed by atoms with E-state index in [1.807, 2.05) is 14.0 Å². The maximum atomic E-state index is 4.45. The predicted octanol–water partition coefficient (Wildman–Crippen LogP) is 1.72. The molecule has 2 rings (SSSR count). The van der Waals surface area contributed by atoms with Crippen LogP contribution in [0.15, 0.2) is 6.20 Å². The van der Waals surface area contributed by atoms with Gasteiger partial charge in [-0.05, 0) is 33.4 Å². The summed E-state index contributed by atoms with van der Waals surface area (Å²) in [7, 11) is 4.16. The molecule has 4 heteroatoms. The summed E-state index contributed by atoms with van der Waals surface area (Å²) in [5, 5.41) is 3.15. The molecule has 90 valence electrons. The number of hydrogen-bond acceptors (Lipinski definition) is 3. The molecular weight excluding hydrogens is 200 g/mol. The van der Waals surface area contributed by atoms with Crippen LogP contribution in [-0.4, -0.2) is 41.1 Å². The van der Waals surface area contributed by atoms with Gasteiger partial charge in [-0.3, -0.25) is 0 Å². The van der Waals surface area contributed by atoms with Crippen LogP contribution in [0.25, 0.3) is 0 Å². The number of nitrogens with zero attached hydrogens (tertiary/aromatic N) is 3. The van der Waals surface area contributed by atoms with Crippen molar-refractivity contribution in [3.05, 3.63) is 11.9 Å². The fourth-order valence-electron chi connectivity index (χ4n) is 2.49. The Labute approximate surface area is 97.7 Å². The number of imidazole rings is 1. The van der Waals surface area contributed by atoms with Gasteiger partial charge in [0, 0.05) is 25.8 Å². The maximum Gasteiger partial charge on any atom is 0.202 e. The van der Waals surface area contributed by atoms with E-state index in [9.17, 15) is 0 Å². The number of likely N-dealkylation sites (tertiary alicyclic amines) is 1. The molecule has 1 aliphatic heterocycles. The molecule has 16 heavy (non-hydrogen) atoms. The minimum absolute atomic E-state index is 0.662. The van der Waals surface area contributed by atoms with Crippen molar-refractivity contribution in [1.82, 2.24) is 14.5 Å². The van der Waals surface area contributed by atoms with Gasteiger partial charge in [0.05, 0.1) is 5.69 Å². The zero-order valence-corrected chi connectivity index (χ0v) is 10.5. The third-order valence-corrected chi connectivity index (χ3v) is 3.45. The van der Waals surface area contributed by atoms with E-state index in [0.717, 1.165) is 18.2 Å². The van der Waals surface area contributed by atoms with Crippen LogP contribution in [0.2, 0.25) is 0 Å². The second-order valence-corrected chi connectivity index (χ2v) is 4.74. The highest BCUT2D eigenvalue weighted by molar-refractivity contribution is 5.27. The molecule has 0 spiro atoms. The smallest absolute Gasteiger partial charge is 0.202 e. The molecule has 1 aromatic rings. The number of piperidine rings is 1. The lowest BCUT2D eigenvalue weighted by atomic mass is 10.0. The van der Waals surface area contributed by atoms with Gasteiger partial charge in [0.25, 0.3) is 0 Å². The number of likely N-dealkylation sites (N-methyl/N-ethyl adjacent to an activating group) is 1. The van der Waals surface area contributed by atoms with Crippen molar-refractivity contribution >= 4 is 5.95 Å². The Morgan fingerprint density at radius 1 is 1.50 bits per heavy atom. The number of aromatic nitrogens is 2. The highest BCUT2D eigenvalue weighted by Crippen LogP contribution is 2.18. The molecule has 1 saturated heterocycles. The summed E-state index contributed by atoms with van der Waals surface area (Å²) >= 11 is 0. The standard InChI is InChI=1S/C12H22N4/c1-10-8-16(12(13-2)14-10)9-11-6-4-5-7-15(11)3/h8,11H,4-7,9H2,1-3H3,(H,13,14). The molecule has 0 radical (unpaired) electrons. The van der Waals surface area contributed by atoms with Gasteiger partial charge < -0.3 is 14.8 Å². The van der Waals surface area contributed by atoms with Gasteiger partial charge in [0.2, 0.25) is 5.95 Å². The molecule has 0 saturated carbocycles. The summed E-state index contributed by atoms with van der Waals surface area (Å²) in [6.07, 6.45) is 6.14.